The molecule has 152 valence electrons. The summed E-state index contributed by atoms with van der Waals surface area (Å²) in [5.74, 6) is 0.0167. The fourth-order valence-corrected chi connectivity index (χ4v) is 3.17. The first-order valence-electron chi connectivity index (χ1n) is 8.25. The lowest BCUT2D eigenvalue weighted by Gasteiger charge is -2.14. The minimum atomic E-state index is -4.45. The van der Waals surface area contributed by atoms with E-state index < -0.39 is 29.7 Å². The molecular weight excluding hydrogens is 397 g/mol. The Kier molecular flexibility index (Phi) is 7.11. The zero-order chi connectivity index (χ0) is 20.9. The van der Waals surface area contributed by atoms with Gasteiger partial charge >= 0.3 is 12.1 Å². The Balaban J connectivity index is 1.79. The summed E-state index contributed by atoms with van der Waals surface area (Å²) in [6, 6.07) is 3.98. The molecule has 2 rings (SSSR count). The van der Waals surface area contributed by atoms with Gasteiger partial charge in [0.25, 0.3) is 5.91 Å². The van der Waals surface area contributed by atoms with Gasteiger partial charge in [-0.3, -0.25) is 9.59 Å². The van der Waals surface area contributed by atoms with Gasteiger partial charge in [-0.2, -0.15) is 13.2 Å². The van der Waals surface area contributed by atoms with Gasteiger partial charge in [0.05, 0.1) is 17.0 Å². The van der Waals surface area contributed by atoms with E-state index in [-0.39, 0.29) is 11.4 Å². The number of anilines is 1. The van der Waals surface area contributed by atoms with E-state index in [2.05, 4.69) is 10.5 Å². The predicted octanol–water partition coefficient (Wildman–Crippen LogP) is 4.11. The number of aryl methyl sites for hydroxylation is 2. The van der Waals surface area contributed by atoms with Crippen molar-refractivity contribution >= 4 is 29.3 Å². The van der Waals surface area contributed by atoms with E-state index in [9.17, 15) is 22.8 Å². The van der Waals surface area contributed by atoms with E-state index in [0.717, 1.165) is 35.5 Å². The van der Waals surface area contributed by atoms with Crippen LogP contribution in [0.25, 0.3) is 0 Å². The number of amides is 1. The van der Waals surface area contributed by atoms with Crippen LogP contribution in [0.2, 0.25) is 0 Å². The van der Waals surface area contributed by atoms with Crippen molar-refractivity contribution in [1.82, 2.24) is 5.16 Å². The highest BCUT2D eigenvalue weighted by Gasteiger charge is 2.30. The lowest BCUT2D eigenvalue weighted by molar-refractivity contribution is -0.150. The molecule has 0 spiro atoms. The van der Waals surface area contributed by atoms with Crippen LogP contribution in [0.15, 0.2) is 28.8 Å². The van der Waals surface area contributed by atoms with E-state index >= 15 is 0 Å². The van der Waals surface area contributed by atoms with Crippen molar-refractivity contribution in [3.8, 4) is 0 Å². The summed E-state index contributed by atoms with van der Waals surface area (Å²) < 4.78 is 47.7. The third kappa shape index (κ3) is 6.01. The number of rotatable bonds is 7. The number of carbonyl (C=O) groups is 2. The van der Waals surface area contributed by atoms with Crippen molar-refractivity contribution in [2.24, 2.45) is 0 Å². The van der Waals surface area contributed by atoms with E-state index in [0.29, 0.717) is 11.5 Å². The van der Waals surface area contributed by atoms with Crippen LogP contribution in [0.4, 0.5) is 18.9 Å². The number of nitrogens with zero attached hydrogens (tertiary/aromatic N) is 1. The quantitative estimate of drug-likeness (QED) is 0.684. The van der Waals surface area contributed by atoms with Crippen molar-refractivity contribution in [3.05, 3.63) is 46.8 Å². The van der Waals surface area contributed by atoms with Gasteiger partial charge in [0.1, 0.15) is 5.76 Å². The van der Waals surface area contributed by atoms with Crippen molar-refractivity contribution in [3.63, 3.8) is 0 Å². The van der Waals surface area contributed by atoms with Crippen molar-refractivity contribution in [1.29, 1.82) is 0 Å². The molecule has 0 aliphatic carbocycles. The second-order valence-electron chi connectivity index (χ2n) is 5.99. The van der Waals surface area contributed by atoms with Gasteiger partial charge < -0.3 is 14.6 Å². The molecule has 1 N–H and O–H groups in total. The third-order valence-electron chi connectivity index (χ3n) is 3.80. The number of esters is 1. The minimum absolute atomic E-state index is 0.0297. The first-order valence-corrected chi connectivity index (χ1v) is 9.40. The fourth-order valence-electron chi connectivity index (χ4n) is 2.22. The van der Waals surface area contributed by atoms with Crippen molar-refractivity contribution in [2.75, 3.05) is 11.1 Å². The first kappa shape index (κ1) is 21.8. The van der Waals surface area contributed by atoms with Gasteiger partial charge in [-0.25, -0.2) is 0 Å². The third-order valence-corrected chi connectivity index (χ3v) is 4.74. The number of hydrogen-bond donors (Lipinski definition) is 1. The summed E-state index contributed by atoms with van der Waals surface area (Å²) in [6.07, 6.45) is -5.54. The highest BCUT2D eigenvalue weighted by Crippen LogP contribution is 2.29. The number of hydrogen-bond acceptors (Lipinski definition) is 6. The van der Waals surface area contributed by atoms with Crippen LogP contribution in [-0.2, 0) is 26.3 Å². The molecule has 1 amide bonds. The van der Waals surface area contributed by atoms with Crippen LogP contribution in [0.3, 0.4) is 0 Å². The maximum Gasteiger partial charge on any atom is 0.416 e. The largest absolute Gasteiger partial charge is 0.452 e. The smallest absolute Gasteiger partial charge is 0.416 e. The molecule has 0 saturated heterocycles. The monoisotopic (exact) mass is 416 g/mol. The molecule has 0 aliphatic rings. The number of carbonyl (C=O) groups excluding carboxylic acids is 2. The highest BCUT2D eigenvalue weighted by molar-refractivity contribution is 7.99. The Hall–Kier alpha value is -2.49. The Labute approximate surface area is 163 Å². The molecule has 1 atom stereocenters. The Morgan fingerprint density at radius 1 is 1.25 bits per heavy atom. The maximum absolute atomic E-state index is 12.5. The average Bonchev–Trinajstić information content (AvgIpc) is 2.93. The molecule has 0 aliphatic heterocycles. The van der Waals surface area contributed by atoms with Gasteiger partial charge in [0.2, 0.25) is 0 Å². The standard InChI is InChI=1S/C18H19F3N2O4S/c1-10-15(11(2)27-23-10)8-28-9-16(24)26-12(3)17(25)22-14-6-4-13(5-7-14)18(19,20)21/h4-7,12H,8-9H2,1-3H3,(H,22,25)/t12-/m1/s1. The number of nitrogens with one attached hydrogen (secondary N) is 1. The van der Waals surface area contributed by atoms with Gasteiger partial charge in [-0.1, -0.05) is 5.16 Å². The highest BCUT2D eigenvalue weighted by atomic mass is 32.2. The lowest BCUT2D eigenvalue weighted by atomic mass is 10.2. The van der Waals surface area contributed by atoms with Crippen molar-refractivity contribution in [2.45, 2.75) is 38.8 Å². The van der Waals surface area contributed by atoms with E-state index in [1.165, 1.54) is 18.7 Å². The molecular formula is C18H19F3N2O4S. The van der Waals surface area contributed by atoms with Crippen LogP contribution in [0.1, 0.15) is 29.5 Å². The van der Waals surface area contributed by atoms with Crippen LogP contribution < -0.4 is 5.32 Å². The molecule has 1 aromatic heterocycles. The number of aromatic nitrogens is 1. The summed E-state index contributed by atoms with van der Waals surface area (Å²) in [6.45, 7) is 4.97. The first-order chi connectivity index (χ1) is 13.1. The zero-order valence-corrected chi connectivity index (χ0v) is 16.2. The Bertz CT molecular complexity index is 815. The normalized spacial score (nSPS) is 12.5. The molecule has 2 aromatic rings. The number of halogens is 3. The summed E-state index contributed by atoms with van der Waals surface area (Å²) in [5.41, 5.74) is 1.02. The number of alkyl halides is 3. The summed E-state index contributed by atoms with van der Waals surface area (Å²) in [5, 5.41) is 6.23. The fraction of sp³-hybridized carbons (Fsp3) is 0.389. The lowest BCUT2D eigenvalue weighted by Crippen LogP contribution is -2.30. The molecule has 28 heavy (non-hydrogen) atoms. The summed E-state index contributed by atoms with van der Waals surface area (Å²) in [4.78, 5) is 23.9. The maximum atomic E-state index is 12.5. The topological polar surface area (TPSA) is 81.4 Å². The summed E-state index contributed by atoms with van der Waals surface area (Å²) >= 11 is 1.30. The van der Waals surface area contributed by atoms with Gasteiger partial charge in [0, 0.05) is 17.0 Å². The molecule has 1 aromatic carbocycles. The minimum Gasteiger partial charge on any atom is -0.452 e. The predicted molar refractivity (Wildman–Crippen MR) is 97.8 cm³/mol. The van der Waals surface area contributed by atoms with Crippen LogP contribution >= 0.6 is 11.8 Å². The average molecular weight is 416 g/mol. The van der Waals surface area contributed by atoms with E-state index in [1.54, 1.807) is 13.8 Å². The van der Waals surface area contributed by atoms with E-state index in [4.69, 9.17) is 9.26 Å². The zero-order valence-electron chi connectivity index (χ0n) is 15.4. The van der Waals surface area contributed by atoms with Crippen LogP contribution in [0.5, 0.6) is 0 Å². The van der Waals surface area contributed by atoms with Gasteiger partial charge in [-0.05, 0) is 45.0 Å². The molecule has 0 unspecified atom stereocenters. The van der Waals surface area contributed by atoms with Crippen molar-refractivity contribution < 1.29 is 32.0 Å². The Morgan fingerprint density at radius 3 is 2.43 bits per heavy atom. The molecule has 1 heterocycles. The number of benzene rings is 1. The van der Waals surface area contributed by atoms with Crippen LogP contribution in [-0.4, -0.2) is 28.9 Å². The molecule has 0 radical (unpaired) electrons. The Morgan fingerprint density at radius 2 is 1.89 bits per heavy atom. The van der Waals surface area contributed by atoms with Gasteiger partial charge in [0.15, 0.2) is 6.10 Å². The molecule has 0 saturated carbocycles. The summed E-state index contributed by atoms with van der Waals surface area (Å²) in [7, 11) is 0. The van der Waals surface area contributed by atoms with E-state index in [1.807, 2.05) is 0 Å². The molecule has 0 bridgehead atoms. The second-order valence-corrected chi connectivity index (χ2v) is 6.98. The SMILES string of the molecule is Cc1noc(C)c1CSCC(=O)O[C@H](C)C(=O)Nc1ccc(C(F)(F)F)cc1. The molecule has 0 fully saturated rings. The number of ether oxygens (including phenoxy) is 1. The van der Waals surface area contributed by atoms with Crippen LogP contribution in [0, 0.1) is 13.8 Å². The van der Waals surface area contributed by atoms with Gasteiger partial charge in [-0.15, -0.1) is 11.8 Å². The molecule has 6 nitrogen and oxygen atoms in total. The second kappa shape index (κ2) is 9.13. The number of thioether (sulfide) groups is 1. The molecule has 10 heteroatoms.